The second-order valence-electron chi connectivity index (χ2n) is 8.34. The Kier molecular flexibility index (Phi) is 5.88. The fraction of sp³-hybridized carbons (Fsp3) is 0.391. The molecule has 0 saturated carbocycles. The summed E-state index contributed by atoms with van der Waals surface area (Å²) in [6, 6.07) is 13.4. The van der Waals surface area contributed by atoms with E-state index in [1.807, 2.05) is 52.7 Å². The van der Waals surface area contributed by atoms with Gasteiger partial charge in [0.15, 0.2) is 15.5 Å². The van der Waals surface area contributed by atoms with Crippen molar-refractivity contribution in [1.29, 1.82) is 0 Å². The van der Waals surface area contributed by atoms with Gasteiger partial charge in [0.05, 0.1) is 40.9 Å². The molecule has 33 heavy (non-hydrogen) atoms. The lowest BCUT2D eigenvalue weighted by Crippen LogP contribution is -2.49. The Labute approximate surface area is 197 Å². The quantitative estimate of drug-likeness (QED) is 0.551. The molecule has 0 spiro atoms. The molecule has 2 aromatic heterocycles. The summed E-state index contributed by atoms with van der Waals surface area (Å²) in [6.07, 6.45) is 0.521. The number of piperazine rings is 1. The van der Waals surface area contributed by atoms with Gasteiger partial charge in [0, 0.05) is 26.2 Å². The summed E-state index contributed by atoms with van der Waals surface area (Å²) in [5, 5.41) is 6.60. The van der Waals surface area contributed by atoms with Crippen LogP contribution in [0.15, 0.2) is 47.8 Å². The fourth-order valence-corrected chi connectivity index (χ4v) is 6.98. The lowest BCUT2D eigenvalue weighted by atomic mass is 10.2. The highest BCUT2D eigenvalue weighted by molar-refractivity contribution is 7.91. The molecule has 1 aromatic carbocycles. The molecule has 3 aromatic rings. The van der Waals surface area contributed by atoms with E-state index in [4.69, 9.17) is 4.74 Å². The van der Waals surface area contributed by atoms with Crippen LogP contribution in [0.25, 0.3) is 10.6 Å². The summed E-state index contributed by atoms with van der Waals surface area (Å²) in [4.78, 5) is 18.4. The molecule has 8 nitrogen and oxygen atoms in total. The van der Waals surface area contributed by atoms with Crippen molar-refractivity contribution in [2.45, 2.75) is 12.5 Å². The van der Waals surface area contributed by atoms with Gasteiger partial charge in [0.2, 0.25) is 0 Å². The number of methoxy groups -OCH3 is 1. The third-order valence-electron chi connectivity index (χ3n) is 6.28. The molecule has 174 valence electrons. The van der Waals surface area contributed by atoms with E-state index in [0.29, 0.717) is 38.3 Å². The zero-order valence-electron chi connectivity index (χ0n) is 18.4. The van der Waals surface area contributed by atoms with E-state index in [0.717, 1.165) is 22.0 Å². The number of rotatable bonds is 5. The van der Waals surface area contributed by atoms with Gasteiger partial charge in [0.1, 0.15) is 5.75 Å². The maximum atomic E-state index is 13.3. The van der Waals surface area contributed by atoms with Gasteiger partial charge < -0.3 is 14.5 Å². The molecule has 1 amide bonds. The van der Waals surface area contributed by atoms with Crippen LogP contribution in [0, 0.1) is 0 Å². The Morgan fingerprint density at radius 3 is 2.58 bits per heavy atom. The van der Waals surface area contributed by atoms with E-state index < -0.39 is 9.84 Å². The first kappa shape index (κ1) is 22.0. The Hall–Kier alpha value is -2.85. The summed E-state index contributed by atoms with van der Waals surface area (Å²) < 4.78 is 31.4. The average Bonchev–Trinajstić information content (AvgIpc) is 3.58. The molecule has 0 radical (unpaired) electrons. The van der Waals surface area contributed by atoms with E-state index in [1.165, 1.54) is 0 Å². The molecule has 5 rings (SSSR count). The molecule has 0 aliphatic carbocycles. The average molecular weight is 487 g/mol. The molecule has 4 heterocycles. The molecule has 2 fully saturated rings. The Morgan fingerprint density at radius 2 is 1.91 bits per heavy atom. The number of nitrogens with zero attached hydrogens (tertiary/aromatic N) is 4. The SMILES string of the molecule is COc1ccccc1N1CCN(C(=O)c2cc(-c3cccs3)n(C3CCS(=O)(=O)C3)n2)CC1. The number of hydrogen-bond donors (Lipinski definition) is 0. The van der Waals surface area contributed by atoms with Crippen molar-refractivity contribution in [2.24, 2.45) is 0 Å². The van der Waals surface area contributed by atoms with E-state index >= 15 is 0 Å². The van der Waals surface area contributed by atoms with Gasteiger partial charge in [-0.1, -0.05) is 18.2 Å². The van der Waals surface area contributed by atoms with E-state index in [-0.39, 0.29) is 23.5 Å². The van der Waals surface area contributed by atoms with Crippen molar-refractivity contribution >= 4 is 32.8 Å². The number of carbonyl (C=O) groups is 1. The first-order chi connectivity index (χ1) is 15.9. The lowest BCUT2D eigenvalue weighted by molar-refractivity contribution is 0.0739. The van der Waals surface area contributed by atoms with Crippen molar-refractivity contribution in [3.8, 4) is 16.3 Å². The summed E-state index contributed by atoms with van der Waals surface area (Å²) in [6.45, 7) is 2.56. The number of carbonyl (C=O) groups excluding carboxylic acids is 1. The molecule has 1 atom stereocenters. The standard InChI is InChI=1S/C23H26N4O4S2/c1-31-21-6-3-2-5-19(21)25-9-11-26(12-10-25)23(28)18-15-20(22-7-4-13-32-22)27(24-18)17-8-14-33(29,30)16-17/h2-7,13,15,17H,8-12,14,16H2,1H3. The highest BCUT2D eigenvalue weighted by Crippen LogP contribution is 2.33. The Morgan fingerprint density at radius 1 is 1.12 bits per heavy atom. The van der Waals surface area contributed by atoms with Crippen LogP contribution in [0.1, 0.15) is 23.0 Å². The van der Waals surface area contributed by atoms with Gasteiger partial charge in [-0.25, -0.2) is 8.42 Å². The highest BCUT2D eigenvalue weighted by Gasteiger charge is 2.33. The van der Waals surface area contributed by atoms with Crippen molar-refractivity contribution in [1.82, 2.24) is 14.7 Å². The summed E-state index contributed by atoms with van der Waals surface area (Å²) in [5.41, 5.74) is 2.20. The van der Waals surface area contributed by atoms with Crippen LogP contribution in [0.2, 0.25) is 0 Å². The molecular weight excluding hydrogens is 460 g/mol. The Bertz CT molecular complexity index is 1250. The minimum atomic E-state index is -3.07. The second kappa shape index (κ2) is 8.83. The zero-order chi connectivity index (χ0) is 23.0. The Balaban J connectivity index is 1.36. The molecule has 0 bridgehead atoms. The van der Waals surface area contributed by atoms with Crippen LogP contribution in [0.3, 0.4) is 0 Å². The monoisotopic (exact) mass is 486 g/mol. The maximum absolute atomic E-state index is 13.3. The second-order valence-corrected chi connectivity index (χ2v) is 11.5. The van der Waals surface area contributed by atoms with Gasteiger partial charge >= 0.3 is 0 Å². The number of anilines is 1. The lowest BCUT2D eigenvalue weighted by Gasteiger charge is -2.36. The normalized spacial score (nSPS) is 20.2. The first-order valence-corrected chi connectivity index (χ1v) is 13.7. The van der Waals surface area contributed by atoms with Crippen LogP contribution < -0.4 is 9.64 Å². The largest absolute Gasteiger partial charge is 0.495 e. The topological polar surface area (TPSA) is 84.7 Å². The summed E-state index contributed by atoms with van der Waals surface area (Å²) in [7, 11) is -1.41. The molecule has 2 saturated heterocycles. The van der Waals surface area contributed by atoms with Crippen LogP contribution in [0.4, 0.5) is 5.69 Å². The summed E-state index contributed by atoms with van der Waals surface area (Å²) in [5.74, 6) is 0.934. The van der Waals surface area contributed by atoms with Crippen LogP contribution in [-0.4, -0.2) is 73.8 Å². The minimum absolute atomic E-state index is 0.0677. The predicted octanol–water partition coefficient (Wildman–Crippen LogP) is 2.94. The maximum Gasteiger partial charge on any atom is 0.274 e. The third-order valence-corrected chi connectivity index (χ3v) is 8.92. The highest BCUT2D eigenvalue weighted by atomic mass is 32.2. The van der Waals surface area contributed by atoms with Crippen molar-refractivity contribution < 1.29 is 17.9 Å². The smallest absolute Gasteiger partial charge is 0.274 e. The van der Waals surface area contributed by atoms with Crippen molar-refractivity contribution in [2.75, 3.05) is 49.7 Å². The minimum Gasteiger partial charge on any atom is -0.495 e. The van der Waals surface area contributed by atoms with Crippen LogP contribution in [-0.2, 0) is 9.84 Å². The van der Waals surface area contributed by atoms with Gasteiger partial charge in [-0.15, -0.1) is 11.3 Å². The van der Waals surface area contributed by atoms with Crippen LogP contribution in [0.5, 0.6) is 5.75 Å². The first-order valence-electron chi connectivity index (χ1n) is 11.0. The molecule has 1 unspecified atom stereocenters. The molecular formula is C23H26N4O4S2. The van der Waals surface area contributed by atoms with Gasteiger partial charge in [0.25, 0.3) is 5.91 Å². The van der Waals surface area contributed by atoms with Gasteiger partial charge in [-0.2, -0.15) is 5.10 Å². The molecule has 2 aliphatic rings. The number of sulfone groups is 1. The number of benzene rings is 1. The van der Waals surface area contributed by atoms with E-state index in [1.54, 1.807) is 23.1 Å². The number of thiophene rings is 1. The number of hydrogen-bond acceptors (Lipinski definition) is 7. The van der Waals surface area contributed by atoms with E-state index in [2.05, 4.69) is 10.00 Å². The van der Waals surface area contributed by atoms with Gasteiger partial charge in [-0.3, -0.25) is 9.48 Å². The molecule has 0 N–H and O–H groups in total. The van der Waals surface area contributed by atoms with Crippen molar-refractivity contribution in [3.05, 3.63) is 53.5 Å². The predicted molar refractivity (Wildman–Crippen MR) is 129 cm³/mol. The van der Waals surface area contributed by atoms with E-state index in [9.17, 15) is 13.2 Å². The number of ether oxygens (including phenoxy) is 1. The molecule has 2 aliphatic heterocycles. The third kappa shape index (κ3) is 4.37. The summed E-state index contributed by atoms with van der Waals surface area (Å²) >= 11 is 1.56. The van der Waals surface area contributed by atoms with Crippen LogP contribution >= 0.6 is 11.3 Å². The van der Waals surface area contributed by atoms with Gasteiger partial charge in [-0.05, 0) is 36.1 Å². The zero-order valence-corrected chi connectivity index (χ0v) is 20.0. The number of aromatic nitrogens is 2. The number of para-hydroxylation sites is 2. The van der Waals surface area contributed by atoms with Crippen molar-refractivity contribution in [3.63, 3.8) is 0 Å². The number of amides is 1. The molecule has 10 heteroatoms. The fourth-order valence-electron chi connectivity index (χ4n) is 4.56.